The van der Waals surface area contributed by atoms with Crippen LogP contribution in [0.4, 0.5) is 13.2 Å². The summed E-state index contributed by atoms with van der Waals surface area (Å²) in [5.74, 6) is -0.0800. The van der Waals surface area contributed by atoms with Crippen molar-refractivity contribution in [1.82, 2.24) is 15.1 Å². The van der Waals surface area contributed by atoms with E-state index in [1.54, 1.807) is 16.7 Å². The topological polar surface area (TPSA) is 61.9 Å². The van der Waals surface area contributed by atoms with Crippen LogP contribution in [0, 0.1) is 0 Å². The lowest BCUT2D eigenvalue weighted by Gasteiger charge is -2.44. The predicted octanol–water partition coefficient (Wildman–Crippen LogP) is 6.03. The molecular formula is C34H35ClF3N3O3. The molecule has 0 spiro atoms. The molecule has 2 heterocycles. The van der Waals surface area contributed by atoms with Crippen molar-refractivity contribution in [2.75, 3.05) is 33.3 Å². The number of fused-ring (bicyclic) bond motifs is 2. The van der Waals surface area contributed by atoms with Gasteiger partial charge in [-0.05, 0) is 47.2 Å². The number of carbonyl (C=O) groups excluding carboxylic acids is 2. The monoisotopic (exact) mass is 625 g/mol. The number of hydrogen-bond donors (Lipinski definition) is 1. The summed E-state index contributed by atoms with van der Waals surface area (Å²) in [6.07, 6.45) is -2.77. The summed E-state index contributed by atoms with van der Waals surface area (Å²) < 4.78 is 45.1. The van der Waals surface area contributed by atoms with Crippen LogP contribution in [0.5, 0.6) is 5.75 Å². The molecule has 1 N–H and O–H groups in total. The highest BCUT2D eigenvalue weighted by molar-refractivity contribution is 6.32. The molecule has 0 saturated carbocycles. The average molecular weight is 626 g/mol. The molecule has 232 valence electrons. The molecule has 5 rings (SSSR count). The number of piperazine rings is 1. The summed E-state index contributed by atoms with van der Waals surface area (Å²) in [6.45, 7) is 3.27. The summed E-state index contributed by atoms with van der Waals surface area (Å²) in [5, 5.41) is 3.12. The number of halogens is 4. The van der Waals surface area contributed by atoms with Gasteiger partial charge in [-0.1, -0.05) is 72.3 Å². The second-order valence-electron chi connectivity index (χ2n) is 11.3. The molecule has 6 nitrogen and oxygen atoms in total. The molecule has 0 radical (unpaired) electrons. The van der Waals surface area contributed by atoms with E-state index in [0.29, 0.717) is 38.0 Å². The van der Waals surface area contributed by atoms with Crippen LogP contribution in [0.25, 0.3) is 5.57 Å². The van der Waals surface area contributed by atoms with E-state index < -0.39 is 16.8 Å². The van der Waals surface area contributed by atoms with E-state index in [9.17, 15) is 22.8 Å². The standard InChI is InChI=1S/C34H35ClF3N3O3/c1-22(42)41-20-26-19-27(31(29(21-41)39-26)33(43)40(2)17-15-23-7-4-3-5-8-23)25-13-11-24(12-14-25)16-18-44-30-10-6-9-28(32(30)35)34(36,37)38/h3-14,26,29,39H,15-21H2,1-2H3/t26-,29-/m1/s1. The van der Waals surface area contributed by atoms with Crippen LogP contribution in [0.15, 0.2) is 78.4 Å². The Kier molecular flexibility index (Phi) is 9.65. The summed E-state index contributed by atoms with van der Waals surface area (Å²) in [5.41, 5.74) is 3.74. The van der Waals surface area contributed by atoms with Crippen molar-refractivity contribution in [3.8, 4) is 5.75 Å². The quantitative estimate of drug-likeness (QED) is 0.316. The molecule has 3 aromatic rings. The van der Waals surface area contributed by atoms with Crippen molar-refractivity contribution in [3.05, 3.63) is 106 Å². The highest BCUT2D eigenvalue weighted by atomic mass is 35.5. The van der Waals surface area contributed by atoms with Gasteiger partial charge in [-0.2, -0.15) is 13.2 Å². The fraction of sp³-hybridized carbons (Fsp3) is 0.353. The lowest BCUT2D eigenvalue weighted by atomic mass is 9.82. The van der Waals surface area contributed by atoms with Gasteiger partial charge in [0.15, 0.2) is 0 Å². The SMILES string of the molecule is CC(=O)N1C[C@H]2CC(c3ccc(CCOc4cccc(C(F)(F)F)c4Cl)cc3)=C(C(=O)N(C)CCc3ccccc3)[C@@H](C1)N2. The van der Waals surface area contributed by atoms with Crippen molar-refractivity contribution in [1.29, 1.82) is 0 Å². The molecule has 3 aromatic carbocycles. The number of nitrogens with one attached hydrogen (secondary N) is 1. The molecule has 1 saturated heterocycles. The Morgan fingerprint density at radius 3 is 2.36 bits per heavy atom. The molecule has 2 atom stereocenters. The first-order chi connectivity index (χ1) is 21.0. The van der Waals surface area contributed by atoms with E-state index >= 15 is 0 Å². The smallest absolute Gasteiger partial charge is 0.417 e. The molecule has 10 heteroatoms. The molecule has 1 fully saturated rings. The van der Waals surface area contributed by atoms with Crippen molar-refractivity contribution in [2.45, 2.75) is 44.4 Å². The molecule has 2 bridgehead atoms. The van der Waals surface area contributed by atoms with E-state index in [1.807, 2.05) is 61.6 Å². The zero-order valence-corrected chi connectivity index (χ0v) is 25.4. The normalized spacial score (nSPS) is 18.3. The van der Waals surface area contributed by atoms with Gasteiger partial charge in [-0.3, -0.25) is 9.59 Å². The largest absolute Gasteiger partial charge is 0.492 e. The zero-order chi connectivity index (χ0) is 31.4. The maximum atomic E-state index is 14.0. The Morgan fingerprint density at radius 1 is 0.977 bits per heavy atom. The van der Waals surface area contributed by atoms with E-state index in [4.69, 9.17) is 16.3 Å². The molecule has 0 aromatic heterocycles. The van der Waals surface area contributed by atoms with E-state index in [0.717, 1.165) is 34.8 Å². The van der Waals surface area contributed by atoms with Gasteiger partial charge < -0.3 is 19.9 Å². The number of rotatable bonds is 9. The third-order valence-electron chi connectivity index (χ3n) is 8.23. The van der Waals surface area contributed by atoms with Gasteiger partial charge >= 0.3 is 6.18 Å². The lowest BCUT2D eigenvalue weighted by Crippen LogP contribution is -2.61. The van der Waals surface area contributed by atoms with Crippen LogP contribution in [0.3, 0.4) is 0 Å². The van der Waals surface area contributed by atoms with Crippen molar-refractivity contribution < 1.29 is 27.5 Å². The van der Waals surface area contributed by atoms with Crippen molar-refractivity contribution >= 4 is 29.0 Å². The summed E-state index contributed by atoms with van der Waals surface area (Å²) in [4.78, 5) is 29.8. The molecule has 0 unspecified atom stereocenters. The zero-order valence-electron chi connectivity index (χ0n) is 24.7. The molecule has 2 aliphatic rings. The highest BCUT2D eigenvalue weighted by Crippen LogP contribution is 2.39. The van der Waals surface area contributed by atoms with Gasteiger partial charge in [0.1, 0.15) is 5.75 Å². The first-order valence-electron chi connectivity index (χ1n) is 14.6. The number of hydrogen-bond acceptors (Lipinski definition) is 4. The summed E-state index contributed by atoms with van der Waals surface area (Å²) in [6, 6.07) is 21.2. The number of nitrogens with zero attached hydrogens (tertiary/aromatic N) is 2. The van der Waals surface area contributed by atoms with Gasteiger partial charge in [-0.25, -0.2) is 0 Å². The van der Waals surface area contributed by atoms with Crippen LogP contribution in [-0.4, -0.2) is 67.0 Å². The van der Waals surface area contributed by atoms with Gasteiger partial charge in [-0.15, -0.1) is 0 Å². The number of carbonyl (C=O) groups is 2. The molecule has 2 aliphatic heterocycles. The second kappa shape index (κ2) is 13.4. The van der Waals surface area contributed by atoms with Crippen LogP contribution in [-0.2, 0) is 28.6 Å². The maximum Gasteiger partial charge on any atom is 0.417 e. The Morgan fingerprint density at radius 2 is 1.68 bits per heavy atom. The number of alkyl halides is 3. The minimum Gasteiger partial charge on any atom is -0.492 e. The fourth-order valence-corrected chi connectivity index (χ4v) is 6.15. The number of amides is 2. The van der Waals surface area contributed by atoms with Crippen LogP contribution in [0.1, 0.15) is 35.6 Å². The Labute approximate surface area is 260 Å². The first-order valence-corrected chi connectivity index (χ1v) is 15.0. The molecule has 2 amide bonds. The Bertz CT molecular complexity index is 1530. The number of ether oxygens (including phenoxy) is 1. The summed E-state index contributed by atoms with van der Waals surface area (Å²) >= 11 is 5.95. The number of benzene rings is 3. The minimum absolute atomic E-state index is 0.00725. The molecule has 0 aliphatic carbocycles. The third-order valence-corrected chi connectivity index (χ3v) is 8.62. The first kappa shape index (κ1) is 31.6. The van der Waals surface area contributed by atoms with Crippen molar-refractivity contribution in [2.24, 2.45) is 0 Å². The van der Waals surface area contributed by atoms with Crippen LogP contribution < -0.4 is 10.1 Å². The van der Waals surface area contributed by atoms with Crippen LogP contribution in [0.2, 0.25) is 5.02 Å². The minimum atomic E-state index is -4.56. The lowest BCUT2D eigenvalue weighted by molar-refractivity contribution is -0.137. The summed E-state index contributed by atoms with van der Waals surface area (Å²) in [7, 11) is 1.81. The maximum absolute atomic E-state index is 14.0. The molecule has 44 heavy (non-hydrogen) atoms. The van der Waals surface area contributed by atoms with Gasteiger partial charge in [0.2, 0.25) is 5.91 Å². The third kappa shape index (κ3) is 7.27. The highest BCUT2D eigenvalue weighted by Gasteiger charge is 2.40. The average Bonchev–Trinajstić information content (AvgIpc) is 3.00. The van der Waals surface area contributed by atoms with Crippen LogP contribution >= 0.6 is 11.6 Å². The van der Waals surface area contributed by atoms with E-state index in [2.05, 4.69) is 5.32 Å². The Hall–Kier alpha value is -3.82. The number of likely N-dealkylation sites (N-methyl/N-ethyl adjacent to an activating group) is 1. The Balaban J connectivity index is 1.33. The van der Waals surface area contributed by atoms with Gasteiger partial charge in [0.25, 0.3) is 5.91 Å². The van der Waals surface area contributed by atoms with Crippen molar-refractivity contribution in [3.63, 3.8) is 0 Å². The molecular weight excluding hydrogens is 591 g/mol. The predicted molar refractivity (Wildman–Crippen MR) is 164 cm³/mol. The fourth-order valence-electron chi connectivity index (χ4n) is 5.87. The van der Waals surface area contributed by atoms with Gasteiger partial charge in [0.05, 0.1) is 23.2 Å². The van der Waals surface area contributed by atoms with E-state index in [-0.39, 0.29) is 36.3 Å². The van der Waals surface area contributed by atoms with E-state index in [1.165, 1.54) is 12.1 Å². The van der Waals surface area contributed by atoms with Gasteiger partial charge in [0, 0.05) is 51.6 Å². The second-order valence-corrected chi connectivity index (χ2v) is 11.7.